The number of thiocarbonyl (C=S) groups is 1. The van der Waals surface area contributed by atoms with Crippen molar-refractivity contribution in [1.29, 1.82) is 0 Å². The Kier molecular flexibility index (Phi) is 5.59. The van der Waals surface area contributed by atoms with E-state index in [-0.39, 0.29) is 12.1 Å². The minimum absolute atomic E-state index is 0.0218. The Morgan fingerprint density at radius 3 is 2.75 bits per heavy atom. The van der Waals surface area contributed by atoms with Gasteiger partial charge in [-0.3, -0.25) is 4.98 Å². The Labute approximate surface area is 175 Å². The summed E-state index contributed by atoms with van der Waals surface area (Å²) in [7, 11) is 0. The van der Waals surface area contributed by atoms with Crippen LogP contribution < -0.4 is 5.32 Å². The summed E-state index contributed by atoms with van der Waals surface area (Å²) >= 11 is 11.7. The van der Waals surface area contributed by atoms with Crippen LogP contribution >= 0.6 is 23.8 Å². The zero-order valence-electron chi connectivity index (χ0n) is 15.6. The molecular formula is C21H22ClN5S. The predicted octanol–water partition coefficient (Wildman–Crippen LogP) is 4.69. The molecule has 1 aliphatic rings. The number of nitrogens with one attached hydrogen (secondary N) is 1. The number of halogens is 1. The molecule has 1 saturated heterocycles. The molecule has 0 amide bonds. The molecule has 0 radical (unpaired) electrons. The minimum atomic E-state index is -0.0218. The second kappa shape index (κ2) is 8.29. The Morgan fingerprint density at radius 2 is 2.04 bits per heavy atom. The minimum Gasteiger partial charge on any atom is -0.352 e. The quantitative estimate of drug-likeness (QED) is 0.596. The van der Waals surface area contributed by atoms with E-state index in [4.69, 9.17) is 23.8 Å². The van der Waals surface area contributed by atoms with Crippen LogP contribution in [0, 0.1) is 0 Å². The molecule has 0 aromatic carbocycles. The molecule has 1 fully saturated rings. The third kappa shape index (κ3) is 3.62. The first-order valence-corrected chi connectivity index (χ1v) is 10.2. The Bertz CT molecular complexity index is 941. The van der Waals surface area contributed by atoms with Crippen molar-refractivity contribution in [1.82, 2.24) is 24.8 Å². The SMILES string of the molecule is CCCCN1C(=S)NC(c2ccccn2)C1c1cccn1-c1ccc(Cl)cn1. The molecule has 4 rings (SSSR count). The van der Waals surface area contributed by atoms with E-state index in [1.165, 1.54) is 0 Å². The molecular weight excluding hydrogens is 390 g/mol. The predicted molar refractivity (Wildman–Crippen MR) is 116 cm³/mol. The van der Waals surface area contributed by atoms with Crippen LogP contribution in [0.5, 0.6) is 0 Å². The van der Waals surface area contributed by atoms with Crippen LogP contribution in [0.15, 0.2) is 61.1 Å². The van der Waals surface area contributed by atoms with Gasteiger partial charge in [0.05, 0.1) is 22.8 Å². The van der Waals surface area contributed by atoms with Crippen molar-refractivity contribution in [2.24, 2.45) is 0 Å². The molecule has 1 N–H and O–H groups in total. The van der Waals surface area contributed by atoms with Crippen molar-refractivity contribution in [3.8, 4) is 5.82 Å². The molecule has 0 bridgehead atoms. The highest BCUT2D eigenvalue weighted by Crippen LogP contribution is 2.39. The number of nitrogens with zero attached hydrogens (tertiary/aromatic N) is 4. The molecule has 0 aliphatic carbocycles. The summed E-state index contributed by atoms with van der Waals surface area (Å²) in [5.74, 6) is 0.831. The standard InChI is InChI=1S/C21H22ClN5S/c1-2-3-12-27-20(19(25-21(27)28)16-7-4-5-11-23-16)17-8-6-13-26(17)18-10-9-15(22)14-24-18/h4-11,13-14,19-20H,2-3,12H2,1H3,(H,25,28). The number of rotatable bonds is 6. The highest BCUT2D eigenvalue weighted by molar-refractivity contribution is 7.80. The van der Waals surface area contributed by atoms with Crippen molar-refractivity contribution < 1.29 is 0 Å². The van der Waals surface area contributed by atoms with Gasteiger partial charge in [-0.2, -0.15) is 0 Å². The van der Waals surface area contributed by atoms with Crippen molar-refractivity contribution in [2.75, 3.05) is 6.54 Å². The van der Waals surface area contributed by atoms with Gasteiger partial charge in [0.25, 0.3) is 0 Å². The number of hydrogen-bond donors (Lipinski definition) is 1. The first-order chi connectivity index (χ1) is 13.7. The van der Waals surface area contributed by atoms with E-state index in [1.807, 2.05) is 48.8 Å². The molecule has 2 atom stereocenters. The van der Waals surface area contributed by atoms with Crippen molar-refractivity contribution >= 4 is 28.9 Å². The second-order valence-corrected chi connectivity index (χ2v) is 7.63. The van der Waals surface area contributed by atoms with Gasteiger partial charge < -0.3 is 14.8 Å². The van der Waals surface area contributed by atoms with Gasteiger partial charge in [-0.25, -0.2) is 4.98 Å². The molecule has 0 saturated carbocycles. The van der Waals surface area contributed by atoms with E-state index in [0.29, 0.717) is 5.02 Å². The number of unbranched alkanes of at least 4 members (excludes halogenated alkanes) is 1. The summed E-state index contributed by atoms with van der Waals surface area (Å²) in [6.45, 7) is 3.09. The fourth-order valence-electron chi connectivity index (χ4n) is 3.65. The van der Waals surface area contributed by atoms with Crippen LogP contribution in [0.4, 0.5) is 0 Å². The molecule has 0 spiro atoms. The van der Waals surface area contributed by atoms with Gasteiger partial charge in [0.1, 0.15) is 5.82 Å². The van der Waals surface area contributed by atoms with Gasteiger partial charge >= 0.3 is 0 Å². The third-order valence-corrected chi connectivity index (χ3v) is 5.57. The average molecular weight is 412 g/mol. The first kappa shape index (κ1) is 18.9. The monoisotopic (exact) mass is 411 g/mol. The van der Waals surface area contributed by atoms with Crippen LogP contribution in [-0.2, 0) is 0 Å². The van der Waals surface area contributed by atoms with E-state index in [1.54, 1.807) is 6.20 Å². The molecule has 7 heteroatoms. The van der Waals surface area contributed by atoms with Crippen LogP contribution in [0.25, 0.3) is 5.82 Å². The summed E-state index contributed by atoms with van der Waals surface area (Å²) in [6.07, 6.45) is 7.71. The highest BCUT2D eigenvalue weighted by Gasteiger charge is 2.40. The molecule has 144 valence electrons. The van der Waals surface area contributed by atoms with Crippen LogP contribution in [0.2, 0.25) is 5.02 Å². The fraction of sp³-hybridized carbons (Fsp3) is 0.286. The highest BCUT2D eigenvalue weighted by atomic mass is 35.5. The summed E-state index contributed by atoms with van der Waals surface area (Å²) < 4.78 is 2.10. The largest absolute Gasteiger partial charge is 0.352 e. The summed E-state index contributed by atoms with van der Waals surface area (Å²) in [4.78, 5) is 11.4. The molecule has 28 heavy (non-hydrogen) atoms. The van der Waals surface area contributed by atoms with Gasteiger partial charge in [-0.15, -0.1) is 0 Å². The lowest BCUT2D eigenvalue weighted by atomic mass is 10.0. The fourth-order valence-corrected chi connectivity index (χ4v) is 4.09. The van der Waals surface area contributed by atoms with Gasteiger partial charge in [0.15, 0.2) is 5.11 Å². The van der Waals surface area contributed by atoms with E-state index < -0.39 is 0 Å². The van der Waals surface area contributed by atoms with Crippen molar-refractivity contribution in [2.45, 2.75) is 31.8 Å². The summed E-state index contributed by atoms with van der Waals surface area (Å²) in [5.41, 5.74) is 2.10. The zero-order chi connectivity index (χ0) is 19.5. The number of pyridine rings is 2. The Hall–Kier alpha value is -2.44. The summed E-state index contributed by atoms with van der Waals surface area (Å²) in [5, 5.41) is 4.89. The van der Waals surface area contributed by atoms with Crippen LogP contribution in [0.3, 0.4) is 0 Å². The van der Waals surface area contributed by atoms with Gasteiger partial charge in [0, 0.05) is 30.8 Å². The normalized spacial score (nSPS) is 19.1. The molecule has 4 heterocycles. The lowest BCUT2D eigenvalue weighted by Gasteiger charge is -2.28. The van der Waals surface area contributed by atoms with Crippen molar-refractivity contribution in [3.05, 3.63) is 77.5 Å². The number of aromatic nitrogens is 3. The van der Waals surface area contributed by atoms with E-state index in [2.05, 4.69) is 37.7 Å². The molecule has 3 aromatic heterocycles. The zero-order valence-corrected chi connectivity index (χ0v) is 17.2. The van der Waals surface area contributed by atoms with E-state index >= 15 is 0 Å². The smallest absolute Gasteiger partial charge is 0.170 e. The third-order valence-electron chi connectivity index (χ3n) is 4.99. The maximum Gasteiger partial charge on any atom is 0.170 e. The van der Waals surface area contributed by atoms with Crippen LogP contribution in [-0.4, -0.2) is 31.1 Å². The van der Waals surface area contributed by atoms with Gasteiger partial charge in [0.2, 0.25) is 0 Å². The van der Waals surface area contributed by atoms with E-state index in [9.17, 15) is 0 Å². The Morgan fingerprint density at radius 1 is 1.14 bits per heavy atom. The van der Waals surface area contributed by atoms with Gasteiger partial charge in [-0.1, -0.05) is 31.0 Å². The maximum absolute atomic E-state index is 6.03. The molecule has 2 unspecified atom stereocenters. The number of hydrogen-bond acceptors (Lipinski definition) is 3. The summed E-state index contributed by atoms with van der Waals surface area (Å²) in [6, 6.07) is 14.0. The van der Waals surface area contributed by atoms with E-state index in [0.717, 1.165) is 41.7 Å². The Balaban J connectivity index is 1.78. The lowest BCUT2D eigenvalue weighted by Crippen LogP contribution is -2.31. The second-order valence-electron chi connectivity index (χ2n) is 6.81. The molecule has 3 aromatic rings. The average Bonchev–Trinajstić information content (AvgIpc) is 3.32. The maximum atomic E-state index is 6.03. The molecule has 1 aliphatic heterocycles. The van der Waals surface area contributed by atoms with Gasteiger partial charge in [-0.05, 0) is 55.0 Å². The molecule has 5 nitrogen and oxygen atoms in total. The lowest BCUT2D eigenvalue weighted by molar-refractivity contribution is 0.304. The topological polar surface area (TPSA) is 46.0 Å². The first-order valence-electron chi connectivity index (χ1n) is 9.46. The van der Waals surface area contributed by atoms with Crippen LogP contribution in [0.1, 0.15) is 43.2 Å². The van der Waals surface area contributed by atoms with Crippen molar-refractivity contribution in [3.63, 3.8) is 0 Å².